The summed E-state index contributed by atoms with van der Waals surface area (Å²) in [6.07, 6.45) is 6.55. The minimum Gasteiger partial charge on any atom is -0.760 e. The number of aromatic nitrogens is 1. The maximum Gasteiger partial charge on any atom is 0.220 e. The number of carbonyl (C=O) groups excluding carboxylic acids is 2. The Labute approximate surface area is 185 Å². The number of oxazole rings is 1. The molecule has 0 radical (unpaired) electrons. The molecule has 8 nitrogen and oxygen atoms in total. The highest BCUT2D eigenvalue weighted by Gasteiger charge is 2.20. The summed E-state index contributed by atoms with van der Waals surface area (Å²) in [6, 6.07) is 9.22. The molecule has 1 heterocycles. The van der Waals surface area contributed by atoms with Crippen LogP contribution in [0, 0.1) is 0 Å². The average Bonchev–Trinajstić information content (AvgIpc) is 3.26. The molecule has 170 valence electrons. The molecule has 9 heteroatoms. The monoisotopic (exact) mass is 448 g/mol. The van der Waals surface area contributed by atoms with Crippen LogP contribution in [0.3, 0.4) is 0 Å². The Morgan fingerprint density at radius 1 is 1.13 bits per heavy atom. The zero-order valence-electron chi connectivity index (χ0n) is 17.8. The highest BCUT2D eigenvalue weighted by molar-refractivity contribution is 7.77. The Kier molecular flexibility index (Phi) is 11.1. The molecule has 1 amide bonds. The van der Waals surface area contributed by atoms with E-state index in [1.807, 2.05) is 37.3 Å². The maximum atomic E-state index is 12.4. The summed E-state index contributed by atoms with van der Waals surface area (Å²) in [5, 5.41) is 2.95. The summed E-state index contributed by atoms with van der Waals surface area (Å²) in [4.78, 5) is 28.2. The van der Waals surface area contributed by atoms with Crippen LogP contribution in [0.2, 0.25) is 0 Å². The number of nitrogens with one attached hydrogen (secondary N) is 2. The van der Waals surface area contributed by atoms with Crippen molar-refractivity contribution in [3.8, 4) is 11.3 Å². The van der Waals surface area contributed by atoms with Crippen LogP contribution in [0.15, 0.2) is 40.9 Å². The van der Waals surface area contributed by atoms with Crippen LogP contribution in [-0.2, 0) is 20.9 Å². The van der Waals surface area contributed by atoms with Crippen molar-refractivity contribution < 1.29 is 22.8 Å². The number of amides is 1. The molecule has 0 bridgehead atoms. The number of Topliss-reactive ketones (excluding diaryl/α,β-unsaturated/α-hetero) is 1. The number of hydrogen-bond donors (Lipinski definition) is 2. The molecule has 2 atom stereocenters. The molecular formula is C22H30N3O5S-. The SMILES string of the molecule is CCC(=O)CCCCC[C@H](NC(=O)CCCNS(=O)[O-])c1ncc(-c2ccccc2)o1. The van der Waals surface area contributed by atoms with Crippen LogP contribution in [0.1, 0.15) is 70.2 Å². The van der Waals surface area contributed by atoms with E-state index < -0.39 is 11.3 Å². The third-order valence-electron chi connectivity index (χ3n) is 4.86. The summed E-state index contributed by atoms with van der Waals surface area (Å²) in [5.41, 5.74) is 0.904. The Bertz CT molecular complexity index is 841. The highest BCUT2D eigenvalue weighted by Crippen LogP contribution is 2.26. The quantitative estimate of drug-likeness (QED) is 0.317. The molecule has 2 rings (SSSR count). The smallest absolute Gasteiger partial charge is 0.220 e. The van der Waals surface area contributed by atoms with Crippen molar-refractivity contribution >= 4 is 23.0 Å². The third kappa shape index (κ3) is 9.54. The first kappa shape index (κ1) is 24.9. The predicted octanol–water partition coefficient (Wildman–Crippen LogP) is 3.59. The molecule has 0 fully saturated rings. The summed E-state index contributed by atoms with van der Waals surface area (Å²) in [7, 11) is 0. The van der Waals surface area contributed by atoms with Gasteiger partial charge in [0.15, 0.2) is 5.76 Å². The Morgan fingerprint density at radius 2 is 1.90 bits per heavy atom. The van der Waals surface area contributed by atoms with Gasteiger partial charge in [-0.3, -0.25) is 13.8 Å². The van der Waals surface area contributed by atoms with E-state index in [0.29, 0.717) is 37.3 Å². The average molecular weight is 449 g/mol. The van der Waals surface area contributed by atoms with Gasteiger partial charge in [-0.2, -0.15) is 0 Å². The minimum atomic E-state index is -2.33. The lowest BCUT2D eigenvalue weighted by atomic mass is 10.0. The van der Waals surface area contributed by atoms with Crippen LogP contribution in [0.25, 0.3) is 11.3 Å². The lowest BCUT2D eigenvalue weighted by molar-refractivity contribution is -0.122. The van der Waals surface area contributed by atoms with Gasteiger partial charge in [0.1, 0.15) is 11.8 Å². The normalized spacial score (nSPS) is 13.0. The van der Waals surface area contributed by atoms with Crippen LogP contribution < -0.4 is 10.0 Å². The Morgan fingerprint density at radius 3 is 2.61 bits per heavy atom. The van der Waals surface area contributed by atoms with Crippen molar-refractivity contribution in [2.24, 2.45) is 0 Å². The van der Waals surface area contributed by atoms with Gasteiger partial charge >= 0.3 is 0 Å². The fourth-order valence-corrected chi connectivity index (χ4v) is 3.45. The Balaban J connectivity index is 1.95. The second-order valence-electron chi connectivity index (χ2n) is 7.27. The predicted molar refractivity (Wildman–Crippen MR) is 117 cm³/mol. The van der Waals surface area contributed by atoms with Crippen molar-refractivity contribution in [1.29, 1.82) is 0 Å². The van der Waals surface area contributed by atoms with Crippen molar-refractivity contribution in [1.82, 2.24) is 15.0 Å². The standard InChI is InChI=1S/C22H31N3O5S/c1-2-18(26)12-7-4-8-13-19(25-21(27)14-9-15-24-31(28)29)22-23-16-20(30-22)17-10-5-3-6-11-17/h3,5-6,10-11,16,19,24H,2,4,7-9,12-15H2,1H3,(H,25,27)(H,28,29)/p-1/t19-/m0/s1. The fourth-order valence-electron chi connectivity index (χ4n) is 3.14. The fraction of sp³-hybridized carbons (Fsp3) is 0.500. The summed E-state index contributed by atoms with van der Waals surface area (Å²) >= 11 is -2.33. The number of ketones is 1. The van der Waals surface area contributed by atoms with Crippen molar-refractivity contribution in [3.63, 3.8) is 0 Å². The summed E-state index contributed by atoms with van der Waals surface area (Å²) < 4.78 is 29.2. The van der Waals surface area contributed by atoms with Crippen LogP contribution in [-0.4, -0.2) is 32.0 Å². The highest BCUT2D eigenvalue weighted by atomic mass is 32.2. The molecule has 1 aromatic heterocycles. The van der Waals surface area contributed by atoms with E-state index >= 15 is 0 Å². The van der Waals surface area contributed by atoms with E-state index in [4.69, 9.17) is 4.42 Å². The molecule has 0 spiro atoms. The van der Waals surface area contributed by atoms with Gasteiger partial charge in [-0.05, 0) is 19.3 Å². The number of benzene rings is 1. The lowest BCUT2D eigenvalue weighted by Gasteiger charge is -2.16. The van der Waals surface area contributed by atoms with E-state index in [1.165, 1.54) is 0 Å². The van der Waals surface area contributed by atoms with Gasteiger partial charge in [0, 0.05) is 42.6 Å². The first-order valence-corrected chi connectivity index (χ1v) is 11.7. The Hall–Kier alpha value is -2.36. The summed E-state index contributed by atoms with van der Waals surface area (Å²) in [5.74, 6) is 1.14. The van der Waals surface area contributed by atoms with E-state index in [2.05, 4.69) is 15.0 Å². The van der Waals surface area contributed by atoms with Gasteiger partial charge < -0.3 is 14.3 Å². The number of hydrogen-bond acceptors (Lipinski definition) is 6. The van der Waals surface area contributed by atoms with Gasteiger partial charge in [0.05, 0.1) is 6.20 Å². The zero-order valence-corrected chi connectivity index (χ0v) is 18.6. The first-order valence-electron chi connectivity index (χ1n) is 10.6. The molecule has 2 N–H and O–H groups in total. The second-order valence-corrected chi connectivity index (χ2v) is 8.03. The number of carbonyl (C=O) groups is 2. The molecule has 0 saturated carbocycles. The lowest BCUT2D eigenvalue weighted by Crippen LogP contribution is -2.29. The van der Waals surface area contributed by atoms with Crippen LogP contribution in [0.5, 0.6) is 0 Å². The number of unbranched alkanes of at least 4 members (excludes halogenated alkanes) is 2. The van der Waals surface area contributed by atoms with Gasteiger partial charge in [-0.1, -0.05) is 50.1 Å². The van der Waals surface area contributed by atoms with Gasteiger partial charge in [-0.25, -0.2) is 9.71 Å². The van der Waals surface area contributed by atoms with E-state index in [-0.39, 0.29) is 30.7 Å². The summed E-state index contributed by atoms with van der Waals surface area (Å²) in [6.45, 7) is 2.07. The molecule has 0 aliphatic heterocycles. The molecule has 0 saturated heterocycles. The molecular weight excluding hydrogens is 418 g/mol. The largest absolute Gasteiger partial charge is 0.760 e. The molecule has 0 aliphatic carbocycles. The van der Waals surface area contributed by atoms with Crippen molar-refractivity contribution in [2.75, 3.05) is 6.54 Å². The molecule has 1 unspecified atom stereocenters. The topological polar surface area (TPSA) is 124 Å². The van der Waals surface area contributed by atoms with Gasteiger partial charge in [-0.15, -0.1) is 0 Å². The molecule has 0 aliphatic rings. The van der Waals surface area contributed by atoms with Gasteiger partial charge in [0.2, 0.25) is 11.8 Å². The van der Waals surface area contributed by atoms with E-state index in [9.17, 15) is 18.4 Å². The maximum absolute atomic E-state index is 12.4. The zero-order chi connectivity index (χ0) is 22.5. The number of nitrogens with zero attached hydrogens (tertiary/aromatic N) is 1. The van der Waals surface area contributed by atoms with Crippen LogP contribution in [0.4, 0.5) is 0 Å². The first-order chi connectivity index (χ1) is 15.0. The second kappa shape index (κ2) is 13.8. The van der Waals surface area contributed by atoms with Crippen molar-refractivity contribution in [2.45, 2.75) is 64.3 Å². The number of rotatable bonds is 15. The third-order valence-corrected chi connectivity index (χ3v) is 5.30. The molecule has 2 aromatic rings. The molecule has 1 aromatic carbocycles. The minimum absolute atomic E-state index is 0.191. The van der Waals surface area contributed by atoms with Crippen molar-refractivity contribution in [3.05, 3.63) is 42.4 Å². The molecule has 31 heavy (non-hydrogen) atoms. The van der Waals surface area contributed by atoms with E-state index in [1.54, 1.807) is 6.20 Å². The van der Waals surface area contributed by atoms with Gasteiger partial charge in [0.25, 0.3) is 0 Å². The van der Waals surface area contributed by atoms with E-state index in [0.717, 1.165) is 24.8 Å². The van der Waals surface area contributed by atoms with Crippen LogP contribution >= 0.6 is 0 Å².